The Hall–Kier alpha value is -0.870. The fourth-order valence-corrected chi connectivity index (χ4v) is 1.50. The van der Waals surface area contributed by atoms with Crippen LogP contribution in [-0.2, 0) is 18.3 Å². The number of aryl methyl sites for hydroxylation is 1. The van der Waals surface area contributed by atoms with Gasteiger partial charge >= 0.3 is 0 Å². The Morgan fingerprint density at radius 3 is 3.31 bits per heavy atom. The first-order valence-electron chi connectivity index (χ1n) is 4.62. The number of aromatic nitrogens is 2. The van der Waals surface area contributed by atoms with Crippen LogP contribution in [0.1, 0.15) is 12.1 Å². The van der Waals surface area contributed by atoms with Crippen LogP contribution in [-0.4, -0.2) is 28.8 Å². The number of hydrogen-bond donors (Lipinski definition) is 1. The number of ether oxygens (including phenoxy) is 1. The maximum absolute atomic E-state index is 5.27. The highest BCUT2D eigenvalue weighted by Crippen LogP contribution is 2.04. The Kier molecular flexibility index (Phi) is 2.61. The van der Waals surface area contributed by atoms with Crippen LogP contribution in [0.25, 0.3) is 0 Å². The molecule has 0 amide bonds. The fraction of sp³-hybridized carbons (Fsp3) is 0.667. The van der Waals surface area contributed by atoms with Gasteiger partial charge in [0.25, 0.3) is 0 Å². The first kappa shape index (κ1) is 8.72. The summed E-state index contributed by atoms with van der Waals surface area (Å²) in [6.07, 6.45) is 4.84. The number of imidazole rings is 1. The highest BCUT2D eigenvalue weighted by molar-refractivity contribution is 4.97. The molecule has 0 radical (unpaired) electrons. The van der Waals surface area contributed by atoms with Crippen LogP contribution in [0.2, 0.25) is 0 Å². The molecule has 13 heavy (non-hydrogen) atoms. The summed E-state index contributed by atoms with van der Waals surface area (Å²) in [6, 6.07) is 0.523. The molecule has 0 bridgehead atoms. The molecule has 0 aliphatic carbocycles. The standard InChI is InChI=1S/C9H15N3O/c1-12-7-10-4-9(12)5-11-8-2-3-13-6-8/h4,7-8,11H,2-3,5-6H2,1H3. The molecular weight excluding hydrogens is 166 g/mol. The molecule has 1 fully saturated rings. The second-order valence-corrected chi connectivity index (χ2v) is 3.44. The van der Waals surface area contributed by atoms with Crippen molar-refractivity contribution in [2.45, 2.75) is 19.0 Å². The van der Waals surface area contributed by atoms with Crippen LogP contribution in [0, 0.1) is 0 Å². The minimum absolute atomic E-state index is 0.523. The smallest absolute Gasteiger partial charge is 0.0945 e. The number of hydrogen-bond acceptors (Lipinski definition) is 3. The first-order valence-corrected chi connectivity index (χ1v) is 4.62. The summed E-state index contributed by atoms with van der Waals surface area (Å²) in [4.78, 5) is 4.06. The van der Waals surface area contributed by atoms with Gasteiger partial charge in [-0.3, -0.25) is 0 Å². The van der Waals surface area contributed by atoms with E-state index in [-0.39, 0.29) is 0 Å². The molecule has 1 aromatic heterocycles. The Morgan fingerprint density at radius 2 is 2.69 bits per heavy atom. The van der Waals surface area contributed by atoms with Gasteiger partial charge in [-0.1, -0.05) is 0 Å². The predicted octanol–water partition coefficient (Wildman–Crippen LogP) is 0.299. The van der Waals surface area contributed by atoms with Crippen LogP contribution in [0.3, 0.4) is 0 Å². The molecule has 4 nitrogen and oxygen atoms in total. The van der Waals surface area contributed by atoms with Gasteiger partial charge in [0.2, 0.25) is 0 Å². The van der Waals surface area contributed by atoms with Crippen molar-refractivity contribution >= 4 is 0 Å². The zero-order valence-corrected chi connectivity index (χ0v) is 7.86. The highest BCUT2D eigenvalue weighted by atomic mass is 16.5. The van der Waals surface area contributed by atoms with Crippen molar-refractivity contribution in [1.29, 1.82) is 0 Å². The molecule has 0 spiro atoms. The van der Waals surface area contributed by atoms with Gasteiger partial charge in [-0.25, -0.2) is 4.98 Å². The van der Waals surface area contributed by atoms with Gasteiger partial charge in [0.05, 0.1) is 18.6 Å². The van der Waals surface area contributed by atoms with Crippen molar-refractivity contribution < 1.29 is 4.74 Å². The third kappa shape index (κ3) is 2.08. The lowest BCUT2D eigenvalue weighted by molar-refractivity contribution is 0.189. The lowest BCUT2D eigenvalue weighted by atomic mass is 10.2. The van der Waals surface area contributed by atoms with E-state index in [1.165, 1.54) is 5.69 Å². The second-order valence-electron chi connectivity index (χ2n) is 3.44. The van der Waals surface area contributed by atoms with E-state index in [4.69, 9.17) is 4.74 Å². The second kappa shape index (κ2) is 3.89. The van der Waals surface area contributed by atoms with E-state index in [0.717, 1.165) is 26.2 Å². The number of nitrogens with zero attached hydrogens (tertiary/aromatic N) is 2. The first-order chi connectivity index (χ1) is 6.36. The molecule has 72 valence electrons. The largest absolute Gasteiger partial charge is 0.380 e. The van der Waals surface area contributed by atoms with Crippen molar-refractivity contribution in [2.75, 3.05) is 13.2 Å². The summed E-state index contributed by atoms with van der Waals surface area (Å²) < 4.78 is 7.30. The van der Waals surface area contributed by atoms with E-state index < -0.39 is 0 Å². The lowest BCUT2D eigenvalue weighted by Gasteiger charge is -2.09. The maximum Gasteiger partial charge on any atom is 0.0945 e. The fourth-order valence-electron chi connectivity index (χ4n) is 1.50. The summed E-state index contributed by atoms with van der Waals surface area (Å²) in [5.41, 5.74) is 1.21. The Balaban J connectivity index is 1.82. The molecule has 1 aliphatic rings. The van der Waals surface area contributed by atoms with Crippen LogP contribution < -0.4 is 5.32 Å². The zero-order valence-electron chi connectivity index (χ0n) is 7.86. The van der Waals surface area contributed by atoms with Crippen molar-refractivity contribution in [3.63, 3.8) is 0 Å². The lowest BCUT2D eigenvalue weighted by Crippen LogP contribution is -2.29. The van der Waals surface area contributed by atoms with Crippen molar-refractivity contribution in [3.05, 3.63) is 18.2 Å². The van der Waals surface area contributed by atoms with Crippen LogP contribution in [0.5, 0.6) is 0 Å². The third-order valence-corrected chi connectivity index (χ3v) is 2.42. The highest BCUT2D eigenvalue weighted by Gasteiger charge is 2.14. The van der Waals surface area contributed by atoms with E-state index in [1.54, 1.807) is 0 Å². The van der Waals surface area contributed by atoms with E-state index in [9.17, 15) is 0 Å². The predicted molar refractivity (Wildman–Crippen MR) is 49.3 cm³/mol. The van der Waals surface area contributed by atoms with E-state index in [0.29, 0.717) is 6.04 Å². The average molecular weight is 181 g/mol. The van der Waals surface area contributed by atoms with Crippen molar-refractivity contribution in [3.8, 4) is 0 Å². The summed E-state index contributed by atoms with van der Waals surface area (Å²) in [5, 5.41) is 3.44. The molecule has 0 aromatic carbocycles. The minimum atomic E-state index is 0.523. The molecular formula is C9H15N3O. The van der Waals surface area contributed by atoms with E-state index in [1.807, 2.05) is 24.1 Å². The van der Waals surface area contributed by atoms with Crippen LogP contribution in [0.15, 0.2) is 12.5 Å². The van der Waals surface area contributed by atoms with Gasteiger partial charge in [0.15, 0.2) is 0 Å². The maximum atomic E-state index is 5.27. The molecule has 0 saturated carbocycles. The number of rotatable bonds is 3. The quantitative estimate of drug-likeness (QED) is 0.729. The summed E-state index contributed by atoms with van der Waals surface area (Å²) in [7, 11) is 2.01. The van der Waals surface area contributed by atoms with Gasteiger partial charge in [0, 0.05) is 32.4 Å². The topological polar surface area (TPSA) is 39.1 Å². The van der Waals surface area contributed by atoms with Crippen molar-refractivity contribution in [1.82, 2.24) is 14.9 Å². The minimum Gasteiger partial charge on any atom is -0.380 e. The summed E-state index contributed by atoms with van der Waals surface area (Å²) in [5.74, 6) is 0. The molecule has 4 heteroatoms. The Morgan fingerprint density at radius 1 is 1.77 bits per heavy atom. The van der Waals surface area contributed by atoms with Crippen molar-refractivity contribution in [2.24, 2.45) is 7.05 Å². The summed E-state index contributed by atoms with van der Waals surface area (Å²) >= 11 is 0. The molecule has 2 rings (SSSR count). The molecule has 1 aromatic rings. The molecule has 1 atom stereocenters. The zero-order chi connectivity index (χ0) is 9.10. The van der Waals surface area contributed by atoms with E-state index >= 15 is 0 Å². The van der Waals surface area contributed by atoms with Gasteiger partial charge in [-0.05, 0) is 6.42 Å². The summed E-state index contributed by atoms with van der Waals surface area (Å²) in [6.45, 7) is 2.62. The monoisotopic (exact) mass is 181 g/mol. The normalized spacial score (nSPS) is 22.4. The molecule has 1 saturated heterocycles. The van der Waals surface area contributed by atoms with E-state index in [2.05, 4.69) is 10.3 Å². The van der Waals surface area contributed by atoms with Crippen LogP contribution >= 0.6 is 0 Å². The number of nitrogens with one attached hydrogen (secondary N) is 1. The molecule has 1 N–H and O–H groups in total. The SMILES string of the molecule is Cn1cncc1CNC1CCOC1. The molecule has 2 heterocycles. The van der Waals surface area contributed by atoms with Gasteiger partial charge in [-0.15, -0.1) is 0 Å². The Bertz CT molecular complexity index is 266. The molecule has 1 unspecified atom stereocenters. The van der Waals surface area contributed by atoms with Gasteiger partial charge < -0.3 is 14.6 Å². The van der Waals surface area contributed by atoms with Crippen LogP contribution in [0.4, 0.5) is 0 Å². The van der Waals surface area contributed by atoms with Gasteiger partial charge in [0.1, 0.15) is 0 Å². The van der Waals surface area contributed by atoms with Gasteiger partial charge in [-0.2, -0.15) is 0 Å². The molecule has 1 aliphatic heterocycles. The Labute approximate surface area is 77.9 Å². The third-order valence-electron chi connectivity index (χ3n) is 2.42. The average Bonchev–Trinajstić information content (AvgIpc) is 2.72.